The van der Waals surface area contributed by atoms with Gasteiger partial charge in [-0.25, -0.2) is 13.4 Å². The molecule has 0 fully saturated rings. The molecule has 0 saturated carbocycles. The van der Waals surface area contributed by atoms with Crippen LogP contribution in [0.15, 0.2) is 45.9 Å². The van der Waals surface area contributed by atoms with Crippen LogP contribution in [0.2, 0.25) is 5.15 Å². The maximum atomic E-state index is 12.2. The minimum Gasteiger partial charge on any atom is -0.278 e. The fourth-order valence-electron chi connectivity index (χ4n) is 1.42. The van der Waals surface area contributed by atoms with Crippen LogP contribution in [0.3, 0.4) is 0 Å². The van der Waals surface area contributed by atoms with Gasteiger partial charge in [0, 0.05) is 10.7 Å². The molecule has 2 aromatic rings. The lowest BCUT2D eigenvalue weighted by atomic mass is 10.2. The van der Waals surface area contributed by atoms with Gasteiger partial charge in [0.15, 0.2) is 0 Å². The molecule has 0 radical (unpaired) electrons. The Hall–Kier alpha value is -1.62. The molecule has 0 atom stereocenters. The van der Waals surface area contributed by atoms with Crippen LogP contribution < -0.4 is 4.72 Å². The summed E-state index contributed by atoms with van der Waals surface area (Å²) in [6, 6.07) is 9.31. The second-order valence-electron chi connectivity index (χ2n) is 3.72. The summed E-state index contributed by atoms with van der Waals surface area (Å²) in [6.45, 7) is 0. The maximum Gasteiger partial charge on any atom is 0.263 e. The quantitative estimate of drug-likeness (QED) is 0.839. The van der Waals surface area contributed by atoms with Gasteiger partial charge in [0.1, 0.15) is 16.1 Å². The SMILES string of the molecule is N#Cc1cc(Br)ccc1NS(=O)(=O)c1ccc(Cl)nc1. The number of pyridine rings is 1. The predicted molar refractivity (Wildman–Crippen MR) is 78.9 cm³/mol. The molecule has 1 aromatic carbocycles. The van der Waals surface area contributed by atoms with Gasteiger partial charge in [0.05, 0.1) is 11.3 Å². The third kappa shape index (κ3) is 3.28. The second-order valence-corrected chi connectivity index (χ2v) is 6.71. The van der Waals surface area contributed by atoms with E-state index in [1.165, 1.54) is 24.3 Å². The molecule has 0 unspecified atom stereocenters. The highest BCUT2D eigenvalue weighted by Gasteiger charge is 2.16. The number of nitrogens with zero attached hydrogens (tertiary/aromatic N) is 2. The van der Waals surface area contributed by atoms with Crippen molar-refractivity contribution in [2.75, 3.05) is 4.72 Å². The summed E-state index contributed by atoms with van der Waals surface area (Å²) in [6.07, 6.45) is 1.15. The van der Waals surface area contributed by atoms with Crippen molar-refractivity contribution in [3.8, 4) is 6.07 Å². The molecule has 1 heterocycles. The standard InChI is InChI=1S/C12H7BrClN3O2S/c13-9-1-3-11(8(5-9)6-15)17-20(18,19)10-2-4-12(14)16-7-10/h1-5,7,17H. The fourth-order valence-corrected chi connectivity index (χ4v) is 2.92. The number of hydrogen-bond acceptors (Lipinski definition) is 4. The summed E-state index contributed by atoms with van der Waals surface area (Å²) in [5.74, 6) is 0. The van der Waals surface area contributed by atoms with E-state index in [4.69, 9.17) is 16.9 Å². The molecule has 0 spiro atoms. The zero-order valence-electron chi connectivity index (χ0n) is 9.84. The molecule has 5 nitrogen and oxygen atoms in total. The minimum absolute atomic E-state index is 0.0336. The molecule has 0 aliphatic carbocycles. The monoisotopic (exact) mass is 371 g/mol. The summed E-state index contributed by atoms with van der Waals surface area (Å²) in [7, 11) is -3.81. The Morgan fingerprint density at radius 1 is 1.30 bits per heavy atom. The Morgan fingerprint density at radius 2 is 2.05 bits per heavy atom. The number of hydrogen-bond donors (Lipinski definition) is 1. The van der Waals surface area contributed by atoms with Crippen molar-refractivity contribution in [1.29, 1.82) is 5.26 Å². The molecular weight excluding hydrogens is 366 g/mol. The molecule has 0 aliphatic heterocycles. The molecule has 102 valence electrons. The van der Waals surface area contributed by atoms with Crippen LogP contribution in [0.4, 0.5) is 5.69 Å². The highest BCUT2D eigenvalue weighted by atomic mass is 79.9. The van der Waals surface area contributed by atoms with Crippen LogP contribution in [0.25, 0.3) is 0 Å². The maximum absolute atomic E-state index is 12.2. The number of benzene rings is 1. The highest BCUT2D eigenvalue weighted by Crippen LogP contribution is 2.23. The van der Waals surface area contributed by atoms with Crippen molar-refractivity contribution >= 4 is 43.2 Å². The van der Waals surface area contributed by atoms with E-state index in [-0.39, 0.29) is 21.3 Å². The Labute approximate surface area is 129 Å². The Morgan fingerprint density at radius 3 is 2.65 bits per heavy atom. The summed E-state index contributed by atoms with van der Waals surface area (Å²) in [5.41, 5.74) is 0.413. The number of nitrogens with one attached hydrogen (secondary N) is 1. The van der Waals surface area contributed by atoms with Crippen LogP contribution in [-0.4, -0.2) is 13.4 Å². The lowest BCUT2D eigenvalue weighted by Gasteiger charge is -2.09. The van der Waals surface area contributed by atoms with E-state index < -0.39 is 10.0 Å². The van der Waals surface area contributed by atoms with Crippen molar-refractivity contribution in [2.24, 2.45) is 0 Å². The first kappa shape index (κ1) is 14.8. The van der Waals surface area contributed by atoms with Crippen LogP contribution in [0, 0.1) is 11.3 Å². The van der Waals surface area contributed by atoms with Gasteiger partial charge in [-0.2, -0.15) is 5.26 Å². The van der Waals surface area contributed by atoms with Gasteiger partial charge >= 0.3 is 0 Å². The zero-order valence-corrected chi connectivity index (χ0v) is 13.0. The van der Waals surface area contributed by atoms with Crippen LogP contribution in [0.1, 0.15) is 5.56 Å². The summed E-state index contributed by atoms with van der Waals surface area (Å²) in [4.78, 5) is 3.68. The molecule has 0 amide bonds. The average molecular weight is 373 g/mol. The van der Waals surface area contributed by atoms with Gasteiger partial charge in [-0.3, -0.25) is 4.72 Å². The first-order valence-electron chi connectivity index (χ1n) is 5.26. The van der Waals surface area contributed by atoms with Crippen molar-refractivity contribution in [1.82, 2.24) is 4.98 Å². The molecule has 0 aliphatic rings. The average Bonchev–Trinajstić information content (AvgIpc) is 2.41. The molecular formula is C12H7BrClN3O2S. The van der Waals surface area contributed by atoms with Gasteiger partial charge in [-0.15, -0.1) is 0 Å². The Bertz CT molecular complexity index is 785. The molecule has 1 aromatic heterocycles. The largest absolute Gasteiger partial charge is 0.278 e. The van der Waals surface area contributed by atoms with Gasteiger partial charge in [-0.05, 0) is 30.3 Å². The van der Waals surface area contributed by atoms with E-state index in [0.717, 1.165) is 6.20 Å². The second kappa shape index (κ2) is 5.79. The molecule has 2 rings (SSSR count). The number of rotatable bonds is 3. The van der Waals surface area contributed by atoms with Gasteiger partial charge in [-0.1, -0.05) is 27.5 Å². The molecule has 20 heavy (non-hydrogen) atoms. The van der Waals surface area contributed by atoms with Gasteiger partial charge < -0.3 is 0 Å². The lowest BCUT2D eigenvalue weighted by molar-refractivity contribution is 0.601. The van der Waals surface area contributed by atoms with Crippen molar-refractivity contribution in [2.45, 2.75) is 4.90 Å². The number of nitriles is 1. The molecule has 8 heteroatoms. The van der Waals surface area contributed by atoms with E-state index in [9.17, 15) is 8.42 Å². The smallest absolute Gasteiger partial charge is 0.263 e. The predicted octanol–water partition coefficient (Wildman–Crippen LogP) is 3.17. The van der Waals surface area contributed by atoms with E-state index in [1.807, 2.05) is 6.07 Å². The van der Waals surface area contributed by atoms with E-state index in [0.29, 0.717) is 4.47 Å². The lowest BCUT2D eigenvalue weighted by Crippen LogP contribution is -2.14. The Kier molecular flexibility index (Phi) is 4.28. The summed E-state index contributed by atoms with van der Waals surface area (Å²) in [5, 5.41) is 9.21. The molecule has 1 N–H and O–H groups in total. The number of sulfonamides is 1. The third-order valence-electron chi connectivity index (χ3n) is 2.36. The molecule has 0 bridgehead atoms. The van der Waals surface area contributed by atoms with Gasteiger partial charge in [0.25, 0.3) is 10.0 Å². The highest BCUT2D eigenvalue weighted by molar-refractivity contribution is 9.10. The van der Waals surface area contributed by atoms with E-state index >= 15 is 0 Å². The van der Waals surface area contributed by atoms with Crippen molar-refractivity contribution < 1.29 is 8.42 Å². The summed E-state index contributed by atoms with van der Waals surface area (Å²) >= 11 is 8.83. The first-order chi connectivity index (χ1) is 9.42. The minimum atomic E-state index is -3.81. The Balaban J connectivity index is 2.39. The van der Waals surface area contributed by atoms with Crippen LogP contribution in [-0.2, 0) is 10.0 Å². The van der Waals surface area contributed by atoms with E-state index in [2.05, 4.69) is 25.6 Å². The summed E-state index contributed by atoms with van der Waals surface area (Å²) < 4.78 is 27.3. The van der Waals surface area contributed by atoms with Crippen LogP contribution >= 0.6 is 27.5 Å². The normalized spacial score (nSPS) is 10.8. The van der Waals surface area contributed by atoms with Crippen LogP contribution in [0.5, 0.6) is 0 Å². The van der Waals surface area contributed by atoms with E-state index in [1.54, 1.807) is 6.07 Å². The topological polar surface area (TPSA) is 82.9 Å². The van der Waals surface area contributed by atoms with Gasteiger partial charge in [0.2, 0.25) is 0 Å². The first-order valence-corrected chi connectivity index (χ1v) is 7.92. The number of aromatic nitrogens is 1. The van der Waals surface area contributed by atoms with Crippen molar-refractivity contribution in [3.63, 3.8) is 0 Å². The number of halogens is 2. The zero-order chi connectivity index (χ0) is 14.8. The fraction of sp³-hybridized carbons (Fsp3) is 0. The van der Waals surface area contributed by atoms with Crippen molar-refractivity contribution in [3.05, 3.63) is 51.7 Å². The molecule has 0 saturated heterocycles. The third-order valence-corrected chi connectivity index (χ3v) is 4.42. The number of anilines is 1.